The number of benzene rings is 1. The number of carbonyl (C=O) groups is 2. The van der Waals surface area contributed by atoms with Crippen LogP contribution in [0.25, 0.3) is 0 Å². The van der Waals surface area contributed by atoms with Gasteiger partial charge in [0.1, 0.15) is 6.04 Å². The topological polar surface area (TPSA) is 67.4 Å². The Kier molecular flexibility index (Phi) is 6.56. The van der Waals surface area contributed by atoms with Gasteiger partial charge in [-0.25, -0.2) is 9.59 Å². The first-order valence-corrected chi connectivity index (χ1v) is 6.74. The second kappa shape index (κ2) is 8.19. The fourth-order valence-electron chi connectivity index (χ4n) is 1.77. The summed E-state index contributed by atoms with van der Waals surface area (Å²) in [4.78, 5) is 23.5. The van der Waals surface area contributed by atoms with Crippen molar-refractivity contribution >= 4 is 12.0 Å². The summed E-state index contributed by atoms with van der Waals surface area (Å²) in [5.74, 6) is -0.404. The zero-order valence-electron chi connectivity index (χ0n) is 12.2. The minimum atomic E-state index is -0.624. The maximum atomic E-state index is 11.8. The van der Waals surface area contributed by atoms with Crippen LogP contribution in [-0.4, -0.2) is 25.2 Å². The Morgan fingerprint density at radius 3 is 2.45 bits per heavy atom. The van der Waals surface area contributed by atoms with E-state index < -0.39 is 12.0 Å². The van der Waals surface area contributed by atoms with E-state index in [9.17, 15) is 9.59 Å². The average molecular weight is 278 g/mol. The molecule has 1 aromatic carbocycles. The van der Waals surface area contributed by atoms with Gasteiger partial charge in [0.2, 0.25) is 0 Å². The van der Waals surface area contributed by atoms with Crippen molar-refractivity contribution < 1.29 is 14.3 Å². The molecule has 0 aliphatic carbocycles. The Morgan fingerprint density at radius 1 is 1.25 bits per heavy atom. The van der Waals surface area contributed by atoms with E-state index in [1.54, 1.807) is 0 Å². The highest BCUT2D eigenvalue weighted by molar-refractivity contribution is 5.83. The predicted molar refractivity (Wildman–Crippen MR) is 77.1 cm³/mol. The Labute approximate surface area is 119 Å². The van der Waals surface area contributed by atoms with Gasteiger partial charge in [0.25, 0.3) is 0 Å². The third-order valence-electron chi connectivity index (χ3n) is 3.25. The zero-order valence-corrected chi connectivity index (χ0v) is 12.2. The van der Waals surface area contributed by atoms with E-state index in [4.69, 9.17) is 4.74 Å². The van der Waals surface area contributed by atoms with Crippen LogP contribution in [0.4, 0.5) is 4.79 Å². The van der Waals surface area contributed by atoms with Crippen LogP contribution in [0.3, 0.4) is 0 Å². The smallest absolute Gasteiger partial charge is 0.328 e. The van der Waals surface area contributed by atoms with E-state index in [-0.39, 0.29) is 11.9 Å². The lowest BCUT2D eigenvalue weighted by molar-refractivity contribution is -0.144. The Hall–Kier alpha value is -2.04. The molecule has 0 heterocycles. The molecule has 0 saturated heterocycles. The first-order chi connectivity index (χ1) is 9.58. The van der Waals surface area contributed by atoms with Crippen molar-refractivity contribution in [2.24, 2.45) is 5.92 Å². The molecule has 1 rings (SSSR count). The molecule has 2 atom stereocenters. The lowest BCUT2D eigenvalue weighted by Crippen LogP contribution is -2.49. The van der Waals surface area contributed by atoms with Crippen LogP contribution >= 0.6 is 0 Å². The molecule has 5 nitrogen and oxygen atoms in total. The molecule has 110 valence electrons. The van der Waals surface area contributed by atoms with Gasteiger partial charge in [-0.1, -0.05) is 50.6 Å². The van der Waals surface area contributed by atoms with E-state index in [1.807, 2.05) is 44.2 Å². The van der Waals surface area contributed by atoms with Crippen LogP contribution in [0, 0.1) is 5.92 Å². The number of rotatable bonds is 6. The summed E-state index contributed by atoms with van der Waals surface area (Å²) in [6, 6.07) is 8.58. The lowest BCUT2D eigenvalue weighted by atomic mass is 9.99. The molecule has 0 saturated carbocycles. The van der Waals surface area contributed by atoms with Crippen LogP contribution in [0.2, 0.25) is 0 Å². The van der Waals surface area contributed by atoms with E-state index in [2.05, 4.69) is 10.6 Å². The van der Waals surface area contributed by atoms with Gasteiger partial charge in [0.05, 0.1) is 7.11 Å². The third-order valence-corrected chi connectivity index (χ3v) is 3.25. The Morgan fingerprint density at radius 2 is 1.90 bits per heavy atom. The van der Waals surface area contributed by atoms with Crippen LogP contribution in [0.15, 0.2) is 30.3 Å². The molecule has 0 aliphatic rings. The van der Waals surface area contributed by atoms with Gasteiger partial charge < -0.3 is 15.4 Å². The summed E-state index contributed by atoms with van der Waals surface area (Å²) in [6.45, 7) is 4.28. The number of hydrogen-bond acceptors (Lipinski definition) is 3. The molecule has 5 heteroatoms. The zero-order chi connectivity index (χ0) is 15.0. The summed E-state index contributed by atoms with van der Waals surface area (Å²) in [5, 5.41) is 5.39. The summed E-state index contributed by atoms with van der Waals surface area (Å²) >= 11 is 0. The summed E-state index contributed by atoms with van der Waals surface area (Å²) in [5.41, 5.74) is 1.00. The first kappa shape index (κ1) is 16.0. The van der Waals surface area contributed by atoms with E-state index in [0.717, 1.165) is 12.0 Å². The highest BCUT2D eigenvalue weighted by Crippen LogP contribution is 2.09. The molecule has 1 aromatic rings. The minimum Gasteiger partial charge on any atom is -0.467 e. The summed E-state index contributed by atoms with van der Waals surface area (Å²) < 4.78 is 4.72. The molecule has 20 heavy (non-hydrogen) atoms. The quantitative estimate of drug-likeness (QED) is 0.783. The molecular weight excluding hydrogens is 256 g/mol. The van der Waals surface area contributed by atoms with Gasteiger partial charge in [-0.2, -0.15) is 0 Å². The number of esters is 1. The molecule has 0 unspecified atom stereocenters. The van der Waals surface area contributed by atoms with Gasteiger partial charge in [0, 0.05) is 6.54 Å². The molecule has 0 spiro atoms. The first-order valence-electron chi connectivity index (χ1n) is 6.74. The van der Waals surface area contributed by atoms with Crippen molar-refractivity contribution in [1.82, 2.24) is 10.6 Å². The number of nitrogens with one attached hydrogen (secondary N) is 2. The van der Waals surface area contributed by atoms with Crippen molar-refractivity contribution in [3.05, 3.63) is 35.9 Å². The van der Waals surface area contributed by atoms with Crippen LogP contribution < -0.4 is 10.6 Å². The normalized spacial score (nSPS) is 13.2. The number of carbonyl (C=O) groups excluding carboxylic acids is 2. The highest BCUT2D eigenvalue weighted by Gasteiger charge is 2.26. The molecule has 0 radical (unpaired) electrons. The number of urea groups is 1. The second-order valence-corrected chi connectivity index (χ2v) is 4.70. The second-order valence-electron chi connectivity index (χ2n) is 4.70. The number of methoxy groups -OCH3 is 1. The minimum absolute atomic E-state index is 0.0184. The molecule has 2 N–H and O–H groups in total. The van der Waals surface area contributed by atoms with Crippen LogP contribution in [0.1, 0.15) is 25.8 Å². The van der Waals surface area contributed by atoms with E-state index >= 15 is 0 Å². The van der Waals surface area contributed by atoms with Crippen molar-refractivity contribution in [1.29, 1.82) is 0 Å². The van der Waals surface area contributed by atoms with Gasteiger partial charge >= 0.3 is 12.0 Å². The molecule has 0 aromatic heterocycles. The Bertz CT molecular complexity index is 434. The molecular formula is C15H22N2O3. The molecule has 0 bridgehead atoms. The number of hydrogen-bond donors (Lipinski definition) is 2. The maximum Gasteiger partial charge on any atom is 0.328 e. The average Bonchev–Trinajstić information content (AvgIpc) is 2.50. The van der Waals surface area contributed by atoms with Gasteiger partial charge in [-0.05, 0) is 11.5 Å². The van der Waals surface area contributed by atoms with Crippen molar-refractivity contribution in [2.75, 3.05) is 7.11 Å². The summed E-state index contributed by atoms with van der Waals surface area (Å²) in [7, 11) is 1.32. The summed E-state index contributed by atoms with van der Waals surface area (Å²) in [6.07, 6.45) is 0.777. The lowest BCUT2D eigenvalue weighted by Gasteiger charge is -2.22. The third kappa shape index (κ3) is 4.91. The van der Waals surface area contributed by atoms with Crippen LogP contribution in [-0.2, 0) is 16.1 Å². The Balaban J connectivity index is 2.51. The standard InChI is InChI=1S/C15H22N2O3/c1-4-11(2)13(14(18)20-3)17-15(19)16-10-12-8-6-5-7-9-12/h5-9,11,13H,4,10H2,1-3H3,(H2,16,17,19)/t11-,13+/m1/s1. The van der Waals surface area contributed by atoms with Crippen LogP contribution in [0.5, 0.6) is 0 Å². The largest absolute Gasteiger partial charge is 0.467 e. The molecule has 0 aliphatic heterocycles. The fraction of sp³-hybridized carbons (Fsp3) is 0.467. The van der Waals surface area contributed by atoms with Crippen molar-refractivity contribution in [3.63, 3.8) is 0 Å². The predicted octanol–water partition coefficient (Wildman–Crippen LogP) is 2.07. The fourth-order valence-corrected chi connectivity index (χ4v) is 1.77. The van der Waals surface area contributed by atoms with E-state index in [0.29, 0.717) is 6.54 Å². The number of amides is 2. The van der Waals surface area contributed by atoms with Gasteiger partial charge in [-0.15, -0.1) is 0 Å². The van der Waals surface area contributed by atoms with E-state index in [1.165, 1.54) is 7.11 Å². The monoisotopic (exact) mass is 278 g/mol. The molecule has 2 amide bonds. The van der Waals surface area contributed by atoms with Gasteiger partial charge in [0.15, 0.2) is 0 Å². The SMILES string of the molecule is CC[C@@H](C)[C@H](NC(=O)NCc1ccccc1)C(=O)OC. The van der Waals surface area contributed by atoms with Crippen molar-refractivity contribution in [2.45, 2.75) is 32.9 Å². The van der Waals surface area contributed by atoms with Gasteiger partial charge in [-0.3, -0.25) is 0 Å². The maximum absolute atomic E-state index is 11.8. The molecule has 0 fully saturated rings. The van der Waals surface area contributed by atoms with Crippen molar-refractivity contribution in [3.8, 4) is 0 Å². The highest BCUT2D eigenvalue weighted by atomic mass is 16.5. The number of ether oxygens (including phenoxy) is 1.